The van der Waals surface area contributed by atoms with Crippen LogP contribution in [0.2, 0.25) is 0 Å². The van der Waals surface area contributed by atoms with E-state index in [2.05, 4.69) is 31.3 Å². The smallest absolute Gasteiger partial charge is 0.225 e. The van der Waals surface area contributed by atoms with Gasteiger partial charge < -0.3 is 5.32 Å². The first-order valence-electron chi connectivity index (χ1n) is 9.03. The molecule has 4 heteroatoms. The predicted octanol–water partition coefficient (Wildman–Crippen LogP) is 5.22. The number of amides is 1. The number of aromatic nitrogens is 2. The Balaban J connectivity index is 1.88. The number of unbranched alkanes of at least 4 members (excludes halogenated alkanes) is 3. The van der Waals surface area contributed by atoms with E-state index in [4.69, 9.17) is 4.98 Å². The summed E-state index contributed by atoms with van der Waals surface area (Å²) >= 11 is 0. The summed E-state index contributed by atoms with van der Waals surface area (Å²) in [6, 6.07) is 14.1. The van der Waals surface area contributed by atoms with Gasteiger partial charge >= 0.3 is 0 Å². The number of anilines is 1. The number of carbonyl (C=O) groups excluding carboxylic acids is 1. The lowest BCUT2D eigenvalue weighted by Gasteiger charge is -2.08. The molecule has 0 aliphatic carbocycles. The van der Waals surface area contributed by atoms with Crippen LogP contribution in [0, 0.1) is 6.92 Å². The number of pyridine rings is 1. The second-order valence-corrected chi connectivity index (χ2v) is 6.46. The van der Waals surface area contributed by atoms with E-state index in [1.54, 1.807) is 0 Å². The van der Waals surface area contributed by atoms with Gasteiger partial charge in [0.25, 0.3) is 0 Å². The van der Waals surface area contributed by atoms with E-state index >= 15 is 0 Å². The lowest BCUT2D eigenvalue weighted by atomic mass is 10.1. The molecule has 0 saturated heterocycles. The number of hydrogen-bond acceptors (Lipinski definition) is 2. The van der Waals surface area contributed by atoms with E-state index in [-0.39, 0.29) is 5.91 Å². The van der Waals surface area contributed by atoms with Gasteiger partial charge in [-0.3, -0.25) is 9.20 Å². The molecular weight excluding hydrogens is 310 g/mol. The molecule has 2 aromatic heterocycles. The number of benzene rings is 1. The highest BCUT2D eigenvalue weighted by atomic mass is 16.1. The zero-order valence-electron chi connectivity index (χ0n) is 15.0. The maximum absolute atomic E-state index is 12.4. The first-order valence-corrected chi connectivity index (χ1v) is 9.03. The summed E-state index contributed by atoms with van der Waals surface area (Å²) in [6.45, 7) is 4.23. The molecule has 3 aromatic rings. The maximum atomic E-state index is 12.4. The summed E-state index contributed by atoms with van der Waals surface area (Å²) in [5, 5.41) is 3.09. The van der Waals surface area contributed by atoms with E-state index in [1.165, 1.54) is 18.4 Å². The number of nitrogens with zero attached hydrogens (tertiary/aromatic N) is 2. The van der Waals surface area contributed by atoms with Crippen molar-refractivity contribution in [2.24, 2.45) is 0 Å². The van der Waals surface area contributed by atoms with E-state index in [0.717, 1.165) is 35.6 Å². The molecule has 1 N–H and O–H groups in total. The van der Waals surface area contributed by atoms with Crippen molar-refractivity contribution in [2.45, 2.75) is 46.0 Å². The van der Waals surface area contributed by atoms with Crippen LogP contribution in [0.15, 0.2) is 48.7 Å². The minimum Gasteiger partial charge on any atom is -0.310 e. The Bertz CT molecular complexity index is 849. The molecule has 4 nitrogen and oxygen atoms in total. The molecule has 0 spiro atoms. The van der Waals surface area contributed by atoms with Crippen molar-refractivity contribution in [3.63, 3.8) is 0 Å². The van der Waals surface area contributed by atoms with Gasteiger partial charge in [-0.05, 0) is 25.5 Å². The van der Waals surface area contributed by atoms with Crippen LogP contribution >= 0.6 is 0 Å². The van der Waals surface area contributed by atoms with Gasteiger partial charge in [-0.1, -0.05) is 62.1 Å². The van der Waals surface area contributed by atoms with E-state index in [0.29, 0.717) is 6.42 Å². The molecule has 0 radical (unpaired) electrons. The zero-order chi connectivity index (χ0) is 17.6. The molecule has 3 rings (SSSR count). The third kappa shape index (κ3) is 4.08. The average molecular weight is 335 g/mol. The molecule has 0 fully saturated rings. The van der Waals surface area contributed by atoms with Crippen LogP contribution in [-0.4, -0.2) is 15.3 Å². The minimum absolute atomic E-state index is 0.0510. The quantitative estimate of drug-likeness (QED) is 0.602. The monoisotopic (exact) mass is 335 g/mol. The van der Waals surface area contributed by atoms with E-state index in [9.17, 15) is 4.79 Å². The average Bonchev–Trinajstić information content (AvgIpc) is 2.98. The van der Waals surface area contributed by atoms with Crippen LogP contribution in [0.5, 0.6) is 0 Å². The Morgan fingerprint density at radius 2 is 1.88 bits per heavy atom. The summed E-state index contributed by atoms with van der Waals surface area (Å²) < 4.78 is 1.94. The molecule has 0 atom stereocenters. The van der Waals surface area contributed by atoms with Crippen LogP contribution in [0.4, 0.5) is 5.82 Å². The van der Waals surface area contributed by atoms with Crippen molar-refractivity contribution >= 4 is 17.4 Å². The molecule has 0 aliphatic rings. The highest BCUT2D eigenvalue weighted by Gasteiger charge is 2.16. The van der Waals surface area contributed by atoms with Crippen molar-refractivity contribution in [1.29, 1.82) is 0 Å². The molecule has 2 heterocycles. The predicted molar refractivity (Wildman–Crippen MR) is 103 cm³/mol. The SMILES string of the molecule is CCCCCCC(=O)Nc1c(-c2ccc(C)cc2)nc2ccccn12. The fraction of sp³-hybridized carbons (Fsp3) is 0.333. The van der Waals surface area contributed by atoms with Gasteiger partial charge in [-0.2, -0.15) is 0 Å². The summed E-state index contributed by atoms with van der Waals surface area (Å²) in [4.78, 5) is 17.1. The van der Waals surface area contributed by atoms with Crippen molar-refractivity contribution in [3.8, 4) is 11.3 Å². The second kappa shape index (κ2) is 7.97. The van der Waals surface area contributed by atoms with Crippen molar-refractivity contribution < 1.29 is 4.79 Å². The molecule has 1 aromatic carbocycles. The first-order chi connectivity index (χ1) is 12.2. The fourth-order valence-corrected chi connectivity index (χ4v) is 2.93. The third-order valence-electron chi connectivity index (χ3n) is 4.37. The molecule has 0 aliphatic heterocycles. The Hall–Kier alpha value is -2.62. The van der Waals surface area contributed by atoms with Crippen LogP contribution < -0.4 is 5.32 Å². The van der Waals surface area contributed by atoms with Gasteiger partial charge in [-0.25, -0.2) is 4.98 Å². The Morgan fingerprint density at radius 3 is 2.64 bits per heavy atom. The van der Waals surface area contributed by atoms with Crippen LogP contribution in [0.1, 0.15) is 44.6 Å². The summed E-state index contributed by atoms with van der Waals surface area (Å²) in [7, 11) is 0. The summed E-state index contributed by atoms with van der Waals surface area (Å²) in [6.07, 6.45) is 6.86. The molecule has 0 saturated carbocycles. The molecule has 0 bridgehead atoms. The van der Waals surface area contributed by atoms with Gasteiger partial charge in [0.05, 0.1) is 0 Å². The van der Waals surface area contributed by atoms with Gasteiger partial charge in [0.15, 0.2) is 0 Å². The highest BCUT2D eigenvalue weighted by molar-refractivity contribution is 5.94. The molecular formula is C21H25N3O. The van der Waals surface area contributed by atoms with Crippen molar-refractivity contribution in [2.75, 3.05) is 5.32 Å². The number of carbonyl (C=O) groups is 1. The zero-order valence-corrected chi connectivity index (χ0v) is 15.0. The normalized spacial score (nSPS) is 11.0. The number of nitrogens with one attached hydrogen (secondary N) is 1. The Morgan fingerprint density at radius 1 is 1.08 bits per heavy atom. The molecule has 1 amide bonds. The first kappa shape index (κ1) is 17.2. The number of imidazole rings is 1. The second-order valence-electron chi connectivity index (χ2n) is 6.46. The van der Waals surface area contributed by atoms with Crippen molar-refractivity contribution in [3.05, 3.63) is 54.2 Å². The van der Waals surface area contributed by atoms with E-state index < -0.39 is 0 Å². The van der Waals surface area contributed by atoms with Gasteiger partial charge in [0.2, 0.25) is 5.91 Å². The standard InChI is InChI=1S/C21H25N3O/c1-3-4-5-6-10-19(25)23-21-20(17-13-11-16(2)12-14-17)22-18-9-7-8-15-24(18)21/h7-9,11-15H,3-6,10H2,1-2H3,(H,23,25). The van der Waals surface area contributed by atoms with Crippen LogP contribution in [0.25, 0.3) is 16.9 Å². The highest BCUT2D eigenvalue weighted by Crippen LogP contribution is 2.29. The van der Waals surface area contributed by atoms with Gasteiger partial charge in [0.1, 0.15) is 17.2 Å². The summed E-state index contributed by atoms with van der Waals surface area (Å²) in [5.74, 6) is 0.801. The minimum atomic E-state index is 0.0510. The lowest BCUT2D eigenvalue weighted by Crippen LogP contribution is -2.13. The lowest BCUT2D eigenvalue weighted by molar-refractivity contribution is -0.116. The number of rotatable bonds is 7. The van der Waals surface area contributed by atoms with Gasteiger partial charge in [-0.15, -0.1) is 0 Å². The number of aryl methyl sites for hydroxylation is 1. The number of hydrogen-bond donors (Lipinski definition) is 1. The third-order valence-corrected chi connectivity index (χ3v) is 4.37. The Labute approximate surface area is 148 Å². The summed E-state index contributed by atoms with van der Waals surface area (Å²) in [5.41, 5.74) is 3.86. The maximum Gasteiger partial charge on any atom is 0.225 e. The van der Waals surface area contributed by atoms with Crippen LogP contribution in [0.3, 0.4) is 0 Å². The topological polar surface area (TPSA) is 46.4 Å². The fourth-order valence-electron chi connectivity index (χ4n) is 2.93. The van der Waals surface area contributed by atoms with Crippen molar-refractivity contribution in [1.82, 2.24) is 9.38 Å². The molecule has 25 heavy (non-hydrogen) atoms. The largest absolute Gasteiger partial charge is 0.310 e. The molecule has 0 unspecified atom stereocenters. The van der Waals surface area contributed by atoms with Gasteiger partial charge in [0, 0.05) is 18.2 Å². The Kier molecular flexibility index (Phi) is 5.49. The molecule has 130 valence electrons. The number of fused-ring (bicyclic) bond motifs is 1. The van der Waals surface area contributed by atoms with E-state index in [1.807, 2.05) is 40.9 Å². The van der Waals surface area contributed by atoms with Crippen LogP contribution in [-0.2, 0) is 4.79 Å².